The van der Waals surface area contributed by atoms with Crippen LogP contribution >= 0.6 is 0 Å². The van der Waals surface area contributed by atoms with Crippen molar-refractivity contribution in [3.8, 4) is 11.3 Å². The average Bonchev–Trinajstić information content (AvgIpc) is 3.38. The molecule has 208 valence electrons. The summed E-state index contributed by atoms with van der Waals surface area (Å²) < 4.78 is 87.4. The molecule has 0 saturated carbocycles. The van der Waals surface area contributed by atoms with Crippen LogP contribution in [0.4, 0.5) is 26.3 Å². The van der Waals surface area contributed by atoms with Gasteiger partial charge < -0.3 is 14.4 Å². The van der Waals surface area contributed by atoms with Gasteiger partial charge in [-0.05, 0) is 35.9 Å². The summed E-state index contributed by atoms with van der Waals surface area (Å²) in [5.74, 6) is -3.05. The van der Waals surface area contributed by atoms with Crippen LogP contribution in [0.2, 0.25) is 0 Å². The molecule has 40 heavy (non-hydrogen) atoms. The third-order valence-corrected chi connectivity index (χ3v) is 6.14. The number of carbonyl (C=O) groups is 2. The number of carboxylic acids is 1. The largest absolute Gasteiger partial charge is 0.480 e. The molecule has 1 amide bonds. The average molecular weight is 561 g/mol. The van der Waals surface area contributed by atoms with Gasteiger partial charge in [-0.3, -0.25) is 4.79 Å². The zero-order chi connectivity index (χ0) is 29.1. The van der Waals surface area contributed by atoms with Gasteiger partial charge in [0.25, 0.3) is 5.91 Å². The number of nitrogens with zero attached hydrogens (tertiary/aromatic N) is 1. The summed E-state index contributed by atoms with van der Waals surface area (Å²) in [5.41, 5.74) is -2.80. The first-order valence-electron chi connectivity index (χ1n) is 11.9. The smallest absolute Gasteiger partial charge is 0.417 e. The van der Waals surface area contributed by atoms with Gasteiger partial charge in [0.15, 0.2) is 0 Å². The van der Waals surface area contributed by atoms with Crippen molar-refractivity contribution < 1.29 is 45.5 Å². The topological polar surface area (TPSA) is 70.8 Å². The van der Waals surface area contributed by atoms with Crippen LogP contribution in [0.15, 0.2) is 95.4 Å². The van der Waals surface area contributed by atoms with Gasteiger partial charge in [0.2, 0.25) is 0 Å². The molecular formula is C29H21F6NO4. The molecule has 0 fully saturated rings. The van der Waals surface area contributed by atoms with E-state index in [0.717, 1.165) is 23.1 Å². The maximum atomic E-state index is 13.7. The first kappa shape index (κ1) is 28.5. The van der Waals surface area contributed by atoms with Gasteiger partial charge in [-0.25, -0.2) is 4.79 Å². The normalized spacial score (nSPS) is 12.7. The SMILES string of the molecule is O=C(O)[C@@H](Cc1ccccc1)N(Cc1ccc(-c2ccccc2C(F)(F)F)o1)C(=O)c1ccccc1C(F)(F)F. The number of benzene rings is 3. The standard InChI is InChI=1S/C29H21F6NO4/c30-28(31,32)22-12-6-4-10-20(22)25-15-14-19(40-25)17-36(24(27(38)39)16-18-8-2-1-3-9-18)26(37)21-11-5-7-13-23(21)29(33,34)35/h1-15,24H,16-17H2,(H,38,39)/t24-/m1/s1. The van der Waals surface area contributed by atoms with E-state index < -0.39 is 53.5 Å². The maximum absolute atomic E-state index is 13.7. The summed E-state index contributed by atoms with van der Waals surface area (Å²) in [6.07, 6.45) is -9.85. The lowest BCUT2D eigenvalue weighted by molar-refractivity contribution is -0.142. The Morgan fingerprint density at radius 2 is 1.32 bits per heavy atom. The molecule has 0 bridgehead atoms. The van der Waals surface area contributed by atoms with Crippen molar-refractivity contribution in [2.24, 2.45) is 0 Å². The molecule has 0 saturated heterocycles. The molecule has 1 heterocycles. The van der Waals surface area contributed by atoms with E-state index in [1.165, 1.54) is 36.4 Å². The third kappa shape index (κ3) is 6.36. The van der Waals surface area contributed by atoms with Crippen LogP contribution in [0.25, 0.3) is 11.3 Å². The zero-order valence-corrected chi connectivity index (χ0v) is 20.5. The number of aliphatic carboxylic acids is 1. The molecule has 3 aromatic carbocycles. The molecule has 5 nitrogen and oxygen atoms in total. The summed E-state index contributed by atoms with van der Waals surface area (Å²) in [6.45, 7) is -0.622. The van der Waals surface area contributed by atoms with Gasteiger partial charge in [0.1, 0.15) is 17.6 Å². The predicted octanol–water partition coefficient (Wildman–Crippen LogP) is 7.32. The van der Waals surface area contributed by atoms with E-state index in [4.69, 9.17) is 4.42 Å². The van der Waals surface area contributed by atoms with Gasteiger partial charge >= 0.3 is 18.3 Å². The van der Waals surface area contributed by atoms with Crippen molar-refractivity contribution in [2.75, 3.05) is 0 Å². The molecule has 4 aromatic rings. The van der Waals surface area contributed by atoms with Crippen molar-refractivity contribution in [3.63, 3.8) is 0 Å². The zero-order valence-electron chi connectivity index (χ0n) is 20.5. The number of amides is 1. The molecule has 0 aliphatic rings. The van der Waals surface area contributed by atoms with Crippen LogP contribution in [0, 0.1) is 0 Å². The Labute approximate surface area is 224 Å². The van der Waals surface area contributed by atoms with E-state index in [1.54, 1.807) is 30.3 Å². The van der Waals surface area contributed by atoms with Crippen molar-refractivity contribution in [1.29, 1.82) is 0 Å². The van der Waals surface area contributed by atoms with Crippen LogP contribution < -0.4 is 0 Å². The van der Waals surface area contributed by atoms with Crippen LogP contribution in [-0.4, -0.2) is 27.9 Å². The molecule has 0 unspecified atom stereocenters. The van der Waals surface area contributed by atoms with Crippen LogP contribution in [-0.2, 0) is 30.1 Å². The highest BCUT2D eigenvalue weighted by atomic mass is 19.4. The fraction of sp³-hybridized carbons (Fsp3) is 0.172. The van der Waals surface area contributed by atoms with Crippen LogP contribution in [0.3, 0.4) is 0 Å². The fourth-order valence-electron chi connectivity index (χ4n) is 4.28. The molecule has 0 radical (unpaired) electrons. The van der Waals surface area contributed by atoms with Gasteiger partial charge in [-0.15, -0.1) is 0 Å². The lowest BCUT2D eigenvalue weighted by atomic mass is 10.0. The third-order valence-electron chi connectivity index (χ3n) is 6.14. The first-order valence-corrected chi connectivity index (χ1v) is 11.9. The number of hydrogen-bond acceptors (Lipinski definition) is 3. The van der Waals surface area contributed by atoms with Gasteiger partial charge in [0.05, 0.1) is 23.2 Å². The summed E-state index contributed by atoms with van der Waals surface area (Å²) in [7, 11) is 0. The van der Waals surface area contributed by atoms with Crippen molar-refractivity contribution in [1.82, 2.24) is 4.90 Å². The van der Waals surface area contributed by atoms with Crippen LogP contribution in [0.5, 0.6) is 0 Å². The monoisotopic (exact) mass is 561 g/mol. The number of alkyl halides is 6. The highest BCUT2D eigenvalue weighted by Gasteiger charge is 2.39. The second kappa shape index (κ2) is 11.3. The van der Waals surface area contributed by atoms with Crippen molar-refractivity contribution >= 4 is 11.9 Å². The summed E-state index contributed by atoms with van der Waals surface area (Å²) >= 11 is 0. The molecule has 4 rings (SSSR count). The minimum absolute atomic E-state index is 0.121. The number of carbonyl (C=O) groups excluding carboxylic acids is 1. The lowest BCUT2D eigenvalue weighted by Gasteiger charge is -2.29. The second-order valence-corrected chi connectivity index (χ2v) is 8.83. The van der Waals surface area contributed by atoms with Gasteiger partial charge in [-0.2, -0.15) is 26.3 Å². The number of hydrogen-bond donors (Lipinski definition) is 1. The van der Waals surface area contributed by atoms with E-state index in [9.17, 15) is 41.0 Å². The fourth-order valence-corrected chi connectivity index (χ4v) is 4.28. The van der Waals surface area contributed by atoms with Crippen LogP contribution in [0.1, 0.15) is 32.8 Å². The Morgan fingerprint density at radius 1 is 0.750 bits per heavy atom. The van der Waals surface area contributed by atoms with E-state index in [0.29, 0.717) is 11.6 Å². The Hall–Kier alpha value is -4.54. The molecule has 0 aliphatic carbocycles. The molecule has 0 aliphatic heterocycles. The quantitative estimate of drug-likeness (QED) is 0.229. The van der Waals surface area contributed by atoms with E-state index >= 15 is 0 Å². The predicted molar refractivity (Wildman–Crippen MR) is 132 cm³/mol. The highest BCUT2D eigenvalue weighted by Crippen LogP contribution is 2.38. The minimum Gasteiger partial charge on any atom is -0.480 e. The molecule has 1 aromatic heterocycles. The molecule has 0 spiro atoms. The Balaban J connectivity index is 1.77. The van der Waals surface area contributed by atoms with E-state index in [1.807, 2.05) is 0 Å². The lowest BCUT2D eigenvalue weighted by Crippen LogP contribution is -2.46. The van der Waals surface area contributed by atoms with E-state index in [-0.39, 0.29) is 23.5 Å². The van der Waals surface area contributed by atoms with E-state index in [2.05, 4.69) is 0 Å². The maximum Gasteiger partial charge on any atom is 0.417 e. The van der Waals surface area contributed by atoms with Gasteiger partial charge in [0, 0.05) is 12.0 Å². The first-order chi connectivity index (χ1) is 18.9. The molecule has 11 heteroatoms. The molecule has 1 atom stereocenters. The Kier molecular flexibility index (Phi) is 8.03. The summed E-state index contributed by atoms with van der Waals surface area (Å²) in [4.78, 5) is 26.7. The summed E-state index contributed by atoms with van der Waals surface area (Å²) in [5, 5.41) is 10.0. The number of halogens is 6. The highest BCUT2D eigenvalue weighted by molar-refractivity contribution is 5.98. The minimum atomic E-state index is -4.91. The molecule has 1 N–H and O–H groups in total. The van der Waals surface area contributed by atoms with Gasteiger partial charge in [-0.1, -0.05) is 60.7 Å². The number of rotatable bonds is 8. The second-order valence-electron chi connectivity index (χ2n) is 8.83. The summed E-state index contributed by atoms with van der Waals surface area (Å²) in [6, 6.07) is 17.6. The number of carboxylic acid groups (broad SMARTS) is 1. The Bertz CT molecular complexity index is 1490. The number of furan rings is 1. The molecular weight excluding hydrogens is 540 g/mol. The van der Waals surface area contributed by atoms with Crippen molar-refractivity contribution in [3.05, 3.63) is 119 Å². The van der Waals surface area contributed by atoms with Crippen molar-refractivity contribution in [2.45, 2.75) is 31.4 Å². The Morgan fingerprint density at radius 3 is 1.95 bits per heavy atom.